The van der Waals surface area contributed by atoms with Gasteiger partial charge in [-0.1, -0.05) is 12.8 Å². The Labute approximate surface area is 192 Å². The number of rotatable bonds is 6. The van der Waals surface area contributed by atoms with E-state index in [9.17, 15) is 14.7 Å². The first kappa shape index (κ1) is 21.9. The van der Waals surface area contributed by atoms with Crippen molar-refractivity contribution in [2.24, 2.45) is 7.05 Å². The average Bonchev–Trinajstić information content (AvgIpc) is 2.93. The Morgan fingerprint density at radius 2 is 1.84 bits per heavy atom. The van der Waals surface area contributed by atoms with Crippen molar-refractivity contribution in [3.8, 4) is 5.75 Å². The van der Waals surface area contributed by atoms with Crippen LogP contribution >= 0.6 is 22.6 Å². The quantitative estimate of drug-likeness (QED) is 0.464. The summed E-state index contributed by atoms with van der Waals surface area (Å²) in [5.41, 5.74) is -0.405. The van der Waals surface area contributed by atoms with Crippen LogP contribution < -0.4 is 20.9 Å². The Morgan fingerprint density at radius 1 is 1.16 bits per heavy atom. The van der Waals surface area contributed by atoms with Crippen LogP contribution in [0.15, 0.2) is 33.9 Å². The number of hydrogen-bond acceptors (Lipinski definition) is 6. The van der Waals surface area contributed by atoms with E-state index in [1.807, 2.05) is 24.3 Å². The number of aromatic amines is 1. The fourth-order valence-corrected chi connectivity index (χ4v) is 4.25. The number of aryl methyl sites for hydroxylation is 1. The van der Waals surface area contributed by atoms with Crippen LogP contribution in [0.5, 0.6) is 5.75 Å². The van der Waals surface area contributed by atoms with E-state index in [1.165, 1.54) is 4.57 Å². The monoisotopic (exact) mass is 539 g/mol. The number of anilines is 1. The molecule has 2 aromatic heterocycles. The summed E-state index contributed by atoms with van der Waals surface area (Å²) >= 11 is 2.22. The van der Waals surface area contributed by atoms with Crippen molar-refractivity contribution in [3.63, 3.8) is 0 Å². The van der Waals surface area contributed by atoms with Gasteiger partial charge in [0.15, 0.2) is 11.2 Å². The highest BCUT2D eigenvalue weighted by atomic mass is 127. The lowest BCUT2D eigenvalue weighted by molar-refractivity contribution is 0.0936. The Bertz CT molecular complexity index is 1160. The van der Waals surface area contributed by atoms with Crippen molar-refractivity contribution in [2.75, 3.05) is 24.6 Å². The van der Waals surface area contributed by atoms with Gasteiger partial charge in [0.25, 0.3) is 5.56 Å². The number of aromatic nitrogens is 4. The molecule has 31 heavy (non-hydrogen) atoms. The van der Waals surface area contributed by atoms with Crippen LogP contribution in [0.4, 0.5) is 5.95 Å². The molecule has 0 saturated carbocycles. The summed E-state index contributed by atoms with van der Waals surface area (Å²) < 4.78 is 9.88. The number of ether oxygens (including phenoxy) is 1. The number of halogens is 1. The molecule has 0 aliphatic carbocycles. The van der Waals surface area contributed by atoms with Crippen LogP contribution in [0, 0.1) is 3.57 Å². The molecule has 1 saturated heterocycles. The zero-order valence-corrected chi connectivity index (χ0v) is 19.5. The fraction of sp³-hybridized carbons (Fsp3) is 0.476. The molecule has 0 spiro atoms. The second kappa shape index (κ2) is 9.43. The summed E-state index contributed by atoms with van der Waals surface area (Å²) in [5, 5.41) is 10.7. The van der Waals surface area contributed by atoms with Crippen molar-refractivity contribution >= 4 is 39.7 Å². The Morgan fingerprint density at radius 3 is 2.52 bits per heavy atom. The predicted molar refractivity (Wildman–Crippen MR) is 127 cm³/mol. The highest BCUT2D eigenvalue weighted by Gasteiger charge is 2.24. The Hall–Kier alpha value is -2.34. The minimum Gasteiger partial charge on any atom is -0.491 e. The maximum Gasteiger partial charge on any atom is 0.329 e. The van der Waals surface area contributed by atoms with E-state index in [4.69, 9.17) is 4.74 Å². The molecule has 4 rings (SSSR count). The van der Waals surface area contributed by atoms with Gasteiger partial charge in [-0.15, -0.1) is 0 Å². The van der Waals surface area contributed by atoms with Crippen molar-refractivity contribution in [1.29, 1.82) is 0 Å². The molecule has 0 radical (unpaired) electrons. The third-order valence-corrected chi connectivity index (χ3v) is 6.24. The Kier molecular flexibility index (Phi) is 6.65. The van der Waals surface area contributed by atoms with Crippen LogP contribution in [0.1, 0.15) is 25.7 Å². The van der Waals surface area contributed by atoms with Crippen LogP contribution in [0.3, 0.4) is 0 Å². The molecule has 1 fully saturated rings. The van der Waals surface area contributed by atoms with Crippen molar-refractivity contribution in [3.05, 3.63) is 48.7 Å². The molecule has 166 valence electrons. The summed E-state index contributed by atoms with van der Waals surface area (Å²) in [7, 11) is 1.58. The highest BCUT2D eigenvalue weighted by molar-refractivity contribution is 14.1. The third-order valence-electron chi connectivity index (χ3n) is 5.53. The van der Waals surface area contributed by atoms with Crippen molar-refractivity contribution in [1.82, 2.24) is 19.1 Å². The zero-order valence-electron chi connectivity index (χ0n) is 17.4. The molecule has 10 heteroatoms. The van der Waals surface area contributed by atoms with Gasteiger partial charge in [0, 0.05) is 23.7 Å². The minimum atomic E-state index is -0.862. The third kappa shape index (κ3) is 4.79. The zero-order chi connectivity index (χ0) is 22.0. The van der Waals surface area contributed by atoms with Gasteiger partial charge in [-0.25, -0.2) is 4.79 Å². The maximum atomic E-state index is 12.7. The second-order valence-corrected chi connectivity index (χ2v) is 9.08. The standard InChI is InChI=1S/C21H26IN5O4/c1-25-18-17(19(29)24-21(25)30)27(20(23-18)26-10-4-2-3-5-11-26)12-15(28)13-31-16-8-6-14(22)7-9-16/h6-9,15,28H,2-5,10-13H2,1H3,(H,24,29,30)/t15-/m0/s1. The van der Waals surface area contributed by atoms with E-state index in [0.717, 1.165) is 42.3 Å². The molecule has 9 nitrogen and oxygen atoms in total. The molecular formula is C21H26IN5O4. The topological polar surface area (TPSA) is 105 Å². The SMILES string of the molecule is Cn1c(=O)[nH]c(=O)c2c1nc(N1CCCCCC1)n2C[C@H](O)COc1ccc(I)cc1. The van der Waals surface area contributed by atoms with Gasteiger partial charge in [0.1, 0.15) is 18.5 Å². The lowest BCUT2D eigenvalue weighted by Gasteiger charge is -2.23. The number of nitrogens with one attached hydrogen (secondary N) is 1. The first-order chi connectivity index (χ1) is 14.9. The molecule has 1 aliphatic rings. The molecular weight excluding hydrogens is 513 g/mol. The number of nitrogens with zero attached hydrogens (tertiary/aromatic N) is 4. The van der Waals surface area contributed by atoms with Crippen molar-refractivity contribution < 1.29 is 9.84 Å². The molecule has 0 amide bonds. The summed E-state index contributed by atoms with van der Waals surface area (Å²) in [6, 6.07) is 7.57. The predicted octanol–water partition coefficient (Wildman–Crippen LogP) is 1.85. The first-order valence-electron chi connectivity index (χ1n) is 10.4. The molecule has 2 N–H and O–H groups in total. The summed E-state index contributed by atoms with van der Waals surface area (Å²) in [5.74, 6) is 1.28. The fourth-order valence-electron chi connectivity index (χ4n) is 3.89. The van der Waals surface area contributed by atoms with E-state index in [-0.39, 0.29) is 18.7 Å². The van der Waals surface area contributed by atoms with Crippen LogP contribution in [0.25, 0.3) is 11.2 Å². The average molecular weight is 539 g/mol. The van der Waals surface area contributed by atoms with Gasteiger partial charge in [-0.2, -0.15) is 4.98 Å². The van der Waals surface area contributed by atoms with Crippen molar-refractivity contribution in [2.45, 2.75) is 38.3 Å². The maximum absolute atomic E-state index is 12.7. The van der Waals surface area contributed by atoms with Crippen LogP contribution in [-0.2, 0) is 13.6 Å². The van der Waals surface area contributed by atoms with Gasteiger partial charge >= 0.3 is 5.69 Å². The van der Waals surface area contributed by atoms with E-state index in [2.05, 4.69) is 37.5 Å². The molecule has 3 heterocycles. The number of aliphatic hydroxyl groups is 1. The van der Waals surface area contributed by atoms with E-state index in [1.54, 1.807) is 11.6 Å². The highest BCUT2D eigenvalue weighted by Crippen LogP contribution is 2.23. The van der Waals surface area contributed by atoms with Crippen LogP contribution in [-0.4, -0.2) is 50.0 Å². The van der Waals surface area contributed by atoms with Gasteiger partial charge < -0.3 is 19.3 Å². The normalized spacial score (nSPS) is 15.8. The van der Waals surface area contributed by atoms with Crippen LogP contribution in [0.2, 0.25) is 0 Å². The molecule has 3 aromatic rings. The van der Waals surface area contributed by atoms with Gasteiger partial charge in [0.2, 0.25) is 5.95 Å². The van der Waals surface area contributed by atoms with E-state index < -0.39 is 17.4 Å². The number of imidazole rings is 1. The summed E-state index contributed by atoms with van der Waals surface area (Å²) in [4.78, 5) is 33.9. The molecule has 1 aromatic carbocycles. The number of aliphatic hydroxyl groups excluding tert-OH is 1. The Balaban J connectivity index is 1.66. The molecule has 0 unspecified atom stereocenters. The van der Waals surface area contributed by atoms with Gasteiger partial charge in [-0.3, -0.25) is 14.3 Å². The smallest absolute Gasteiger partial charge is 0.329 e. The molecule has 1 aliphatic heterocycles. The van der Waals surface area contributed by atoms with Gasteiger partial charge in [0.05, 0.1) is 6.54 Å². The number of fused-ring (bicyclic) bond motifs is 1. The second-order valence-electron chi connectivity index (χ2n) is 7.83. The lowest BCUT2D eigenvalue weighted by atomic mass is 10.2. The first-order valence-corrected chi connectivity index (χ1v) is 11.5. The van der Waals surface area contributed by atoms with E-state index >= 15 is 0 Å². The molecule has 0 bridgehead atoms. The minimum absolute atomic E-state index is 0.0728. The van der Waals surface area contributed by atoms with Gasteiger partial charge in [-0.05, 0) is 59.7 Å². The lowest BCUT2D eigenvalue weighted by Crippen LogP contribution is -2.32. The summed E-state index contributed by atoms with van der Waals surface area (Å²) in [6.45, 7) is 1.85. The summed E-state index contributed by atoms with van der Waals surface area (Å²) in [6.07, 6.45) is 3.53. The largest absolute Gasteiger partial charge is 0.491 e. The van der Waals surface area contributed by atoms with E-state index in [0.29, 0.717) is 17.3 Å². The number of benzene rings is 1. The molecule has 1 atom stereocenters. The number of H-pyrrole nitrogens is 1. The number of hydrogen-bond donors (Lipinski definition) is 2.